The van der Waals surface area contributed by atoms with Crippen molar-refractivity contribution < 1.29 is 9.18 Å². The monoisotopic (exact) mass is 390 g/mol. The van der Waals surface area contributed by atoms with Crippen LogP contribution in [0.2, 0.25) is 0 Å². The molecule has 0 unspecified atom stereocenters. The maximum Gasteiger partial charge on any atom is 0.227 e. The number of hydrogen-bond acceptors (Lipinski definition) is 4. The molecule has 2 aromatic carbocycles. The number of piperazine rings is 1. The summed E-state index contributed by atoms with van der Waals surface area (Å²) in [6.45, 7) is 4.77. The molecule has 6 heteroatoms. The van der Waals surface area contributed by atoms with Crippen LogP contribution in [0.3, 0.4) is 0 Å². The van der Waals surface area contributed by atoms with Crippen LogP contribution in [0.1, 0.15) is 11.1 Å². The van der Waals surface area contributed by atoms with Gasteiger partial charge >= 0.3 is 0 Å². The fourth-order valence-electron chi connectivity index (χ4n) is 3.45. The topological polar surface area (TPSA) is 49.3 Å². The van der Waals surface area contributed by atoms with Crippen LogP contribution in [0, 0.1) is 12.7 Å². The quantitative estimate of drug-likeness (QED) is 0.684. The molecule has 0 N–H and O–H groups in total. The van der Waals surface area contributed by atoms with Gasteiger partial charge in [-0.1, -0.05) is 42.0 Å². The number of anilines is 1. The zero-order valence-electron chi connectivity index (χ0n) is 16.4. The van der Waals surface area contributed by atoms with Crippen molar-refractivity contribution in [1.82, 2.24) is 15.1 Å². The molecule has 0 spiro atoms. The lowest BCUT2D eigenvalue weighted by molar-refractivity contribution is -0.130. The molecule has 1 aromatic heterocycles. The summed E-state index contributed by atoms with van der Waals surface area (Å²) in [4.78, 5) is 16.5. The third-order valence-corrected chi connectivity index (χ3v) is 5.22. The molecule has 4 rings (SSSR count). The Hall–Kier alpha value is -3.28. The standard InChI is InChI=1S/C23H23FN4O/c1-17-2-6-19(7-3-17)21-10-11-22(26-25-21)27-12-14-28(15-13-27)23(29)16-18-4-8-20(24)9-5-18/h2-11H,12-16H2,1H3. The molecule has 1 fully saturated rings. The number of amides is 1. The van der Waals surface area contributed by atoms with Crippen molar-refractivity contribution in [3.8, 4) is 11.3 Å². The van der Waals surface area contributed by atoms with Crippen LogP contribution < -0.4 is 4.90 Å². The summed E-state index contributed by atoms with van der Waals surface area (Å²) in [6, 6.07) is 18.3. The molecule has 0 bridgehead atoms. The first-order chi connectivity index (χ1) is 14.1. The summed E-state index contributed by atoms with van der Waals surface area (Å²) in [5, 5.41) is 8.75. The molecule has 1 aliphatic heterocycles. The van der Waals surface area contributed by atoms with Crippen molar-refractivity contribution in [2.24, 2.45) is 0 Å². The molecule has 148 valence electrons. The van der Waals surface area contributed by atoms with Gasteiger partial charge in [-0.05, 0) is 36.8 Å². The van der Waals surface area contributed by atoms with Crippen LogP contribution in [0.25, 0.3) is 11.3 Å². The summed E-state index contributed by atoms with van der Waals surface area (Å²) < 4.78 is 13.0. The van der Waals surface area contributed by atoms with Crippen LogP contribution in [0.15, 0.2) is 60.7 Å². The Kier molecular flexibility index (Phi) is 5.51. The maximum atomic E-state index is 13.0. The number of carbonyl (C=O) groups excluding carboxylic acids is 1. The molecule has 0 saturated carbocycles. The summed E-state index contributed by atoms with van der Waals surface area (Å²) in [5.41, 5.74) is 3.94. The SMILES string of the molecule is Cc1ccc(-c2ccc(N3CCN(C(=O)Cc4ccc(F)cc4)CC3)nn2)cc1. The van der Waals surface area contributed by atoms with E-state index < -0.39 is 0 Å². The van der Waals surface area contributed by atoms with Crippen molar-refractivity contribution >= 4 is 11.7 Å². The second-order valence-electron chi connectivity index (χ2n) is 7.31. The molecule has 3 aromatic rings. The van der Waals surface area contributed by atoms with Crippen LogP contribution in [-0.4, -0.2) is 47.2 Å². The van der Waals surface area contributed by atoms with E-state index in [1.807, 2.05) is 29.2 Å². The van der Waals surface area contributed by atoms with Crippen LogP contribution in [0.4, 0.5) is 10.2 Å². The number of aryl methyl sites for hydroxylation is 1. The van der Waals surface area contributed by atoms with Gasteiger partial charge in [0.25, 0.3) is 0 Å². The first kappa shape index (κ1) is 19.1. The van der Waals surface area contributed by atoms with Gasteiger partial charge in [0.15, 0.2) is 5.82 Å². The molecule has 1 saturated heterocycles. The van der Waals surface area contributed by atoms with Crippen LogP contribution in [0.5, 0.6) is 0 Å². The van der Waals surface area contributed by atoms with Gasteiger partial charge in [0.05, 0.1) is 12.1 Å². The Morgan fingerprint density at radius 2 is 1.59 bits per heavy atom. The highest BCUT2D eigenvalue weighted by molar-refractivity contribution is 5.79. The lowest BCUT2D eigenvalue weighted by Gasteiger charge is -2.35. The van der Waals surface area contributed by atoms with Gasteiger partial charge < -0.3 is 9.80 Å². The zero-order chi connectivity index (χ0) is 20.2. The minimum absolute atomic E-state index is 0.0667. The van der Waals surface area contributed by atoms with Gasteiger partial charge in [0.1, 0.15) is 5.82 Å². The van der Waals surface area contributed by atoms with E-state index in [2.05, 4.69) is 34.2 Å². The van der Waals surface area contributed by atoms with E-state index in [1.165, 1.54) is 17.7 Å². The van der Waals surface area contributed by atoms with Crippen molar-refractivity contribution in [3.05, 3.63) is 77.6 Å². The largest absolute Gasteiger partial charge is 0.352 e. The Bertz CT molecular complexity index is 963. The normalized spacial score (nSPS) is 14.1. The summed E-state index contributed by atoms with van der Waals surface area (Å²) in [7, 11) is 0. The summed E-state index contributed by atoms with van der Waals surface area (Å²) >= 11 is 0. The second-order valence-corrected chi connectivity index (χ2v) is 7.31. The first-order valence-corrected chi connectivity index (χ1v) is 9.76. The minimum Gasteiger partial charge on any atom is -0.352 e. The highest BCUT2D eigenvalue weighted by Gasteiger charge is 2.22. The van der Waals surface area contributed by atoms with Gasteiger partial charge in [-0.3, -0.25) is 4.79 Å². The molecule has 5 nitrogen and oxygen atoms in total. The number of halogens is 1. The molecule has 1 aliphatic rings. The number of hydrogen-bond donors (Lipinski definition) is 0. The van der Waals surface area contributed by atoms with Crippen LogP contribution in [-0.2, 0) is 11.2 Å². The Morgan fingerprint density at radius 3 is 2.21 bits per heavy atom. The fraction of sp³-hybridized carbons (Fsp3) is 0.261. The predicted molar refractivity (Wildman–Crippen MR) is 111 cm³/mol. The van der Waals surface area contributed by atoms with Gasteiger partial charge in [-0.15, -0.1) is 10.2 Å². The number of carbonyl (C=O) groups is 1. The molecule has 0 radical (unpaired) electrons. The van der Waals surface area contributed by atoms with E-state index in [-0.39, 0.29) is 11.7 Å². The molecule has 2 heterocycles. The third-order valence-electron chi connectivity index (χ3n) is 5.22. The summed E-state index contributed by atoms with van der Waals surface area (Å²) in [6.07, 6.45) is 0.297. The number of aromatic nitrogens is 2. The van der Waals surface area contributed by atoms with E-state index in [0.717, 1.165) is 22.6 Å². The van der Waals surface area contributed by atoms with E-state index in [4.69, 9.17) is 0 Å². The fourth-order valence-corrected chi connectivity index (χ4v) is 3.45. The minimum atomic E-state index is -0.288. The smallest absolute Gasteiger partial charge is 0.227 e. The highest BCUT2D eigenvalue weighted by Crippen LogP contribution is 2.20. The van der Waals surface area contributed by atoms with Crippen molar-refractivity contribution in [3.63, 3.8) is 0 Å². The van der Waals surface area contributed by atoms with Gasteiger partial charge in [-0.25, -0.2) is 4.39 Å². The Morgan fingerprint density at radius 1 is 0.897 bits per heavy atom. The first-order valence-electron chi connectivity index (χ1n) is 9.76. The predicted octanol–water partition coefficient (Wildman–Crippen LogP) is 3.48. The average Bonchev–Trinajstić information content (AvgIpc) is 2.76. The van der Waals surface area contributed by atoms with E-state index >= 15 is 0 Å². The Labute approximate surface area is 169 Å². The third kappa shape index (κ3) is 4.59. The van der Waals surface area contributed by atoms with E-state index in [9.17, 15) is 9.18 Å². The van der Waals surface area contributed by atoms with E-state index in [1.54, 1.807) is 12.1 Å². The van der Waals surface area contributed by atoms with Gasteiger partial charge in [-0.2, -0.15) is 0 Å². The molecule has 0 aliphatic carbocycles. The molecule has 1 amide bonds. The second kappa shape index (κ2) is 8.39. The maximum absolute atomic E-state index is 13.0. The average molecular weight is 390 g/mol. The van der Waals surface area contributed by atoms with Crippen molar-refractivity contribution in [1.29, 1.82) is 0 Å². The molecular formula is C23H23FN4O. The number of benzene rings is 2. The highest BCUT2D eigenvalue weighted by atomic mass is 19.1. The number of rotatable bonds is 4. The summed E-state index contributed by atoms with van der Waals surface area (Å²) in [5.74, 6) is 0.605. The number of nitrogens with zero attached hydrogens (tertiary/aromatic N) is 4. The Balaban J connectivity index is 1.33. The van der Waals surface area contributed by atoms with Gasteiger partial charge in [0.2, 0.25) is 5.91 Å². The molecule has 0 atom stereocenters. The lowest BCUT2D eigenvalue weighted by atomic mass is 10.1. The van der Waals surface area contributed by atoms with Crippen molar-refractivity contribution in [2.75, 3.05) is 31.1 Å². The zero-order valence-corrected chi connectivity index (χ0v) is 16.4. The molecular weight excluding hydrogens is 367 g/mol. The lowest BCUT2D eigenvalue weighted by Crippen LogP contribution is -2.49. The van der Waals surface area contributed by atoms with E-state index in [0.29, 0.717) is 32.6 Å². The van der Waals surface area contributed by atoms with Crippen LogP contribution >= 0.6 is 0 Å². The van der Waals surface area contributed by atoms with Crippen molar-refractivity contribution in [2.45, 2.75) is 13.3 Å². The molecule has 29 heavy (non-hydrogen) atoms. The van der Waals surface area contributed by atoms with Gasteiger partial charge in [0, 0.05) is 31.7 Å².